The molecule has 0 spiro atoms. The van der Waals surface area contributed by atoms with Crippen molar-refractivity contribution in [1.82, 2.24) is 4.98 Å². The maximum atomic E-state index is 9.75. The Morgan fingerprint density at radius 3 is 3.12 bits per heavy atom. The lowest BCUT2D eigenvalue weighted by Gasteiger charge is -2.17. The van der Waals surface area contributed by atoms with Gasteiger partial charge in [0.2, 0.25) is 0 Å². The molecule has 4 heteroatoms. The first-order chi connectivity index (χ1) is 7.83. The van der Waals surface area contributed by atoms with Crippen molar-refractivity contribution >= 4 is 27.2 Å². The van der Waals surface area contributed by atoms with Crippen molar-refractivity contribution < 1.29 is 5.11 Å². The molecular formula is C12H14N2OS. The van der Waals surface area contributed by atoms with E-state index >= 15 is 0 Å². The second-order valence-corrected chi connectivity index (χ2v) is 5.17. The standard InChI is InChI=1S/C12H14N2OS/c15-11-3-1-2-9(11)14-8-4-5-10-12(6-8)16-7-13-10/h4-7,9,11,14-15H,1-3H2/t9-,11-/m1/s1. The van der Waals surface area contributed by atoms with E-state index in [0.29, 0.717) is 0 Å². The third-order valence-corrected chi connectivity index (χ3v) is 3.95. The number of aliphatic hydroxyl groups is 1. The molecule has 3 nitrogen and oxygen atoms in total. The van der Waals surface area contributed by atoms with Crippen molar-refractivity contribution in [2.45, 2.75) is 31.4 Å². The molecular weight excluding hydrogens is 220 g/mol. The van der Waals surface area contributed by atoms with Gasteiger partial charge in [-0.25, -0.2) is 4.98 Å². The summed E-state index contributed by atoms with van der Waals surface area (Å²) in [5, 5.41) is 13.2. The Balaban J connectivity index is 1.83. The van der Waals surface area contributed by atoms with E-state index in [-0.39, 0.29) is 12.1 Å². The number of fused-ring (bicyclic) bond motifs is 1. The molecule has 0 saturated heterocycles. The van der Waals surface area contributed by atoms with E-state index < -0.39 is 0 Å². The number of rotatable bonds is 2. The smallest absolute Gasteiger partial charge is 0.0813 e. The van der Waals surface area contributed by atoms with Gasteiger partial charge < -0.3 is 10.4 Å². The van der Waals surface area contributed by atoms with Gasteiger partial charge in [0.15, 0.2) is 0 Å². The number of hydrogen-bond donors (Lipinski definition) is 2. The maximum absolute atomic E-state index is 9.75. The van der Waals surface area contributed by atoms with Crippen LogP contribution in [-0.2, 0) is 0 Å². The third-order valence-electron chi connectivity index (χ3n) is 3.16. The monoisotopic (exact) mass is 234 g/mol. The van der Waals surface area contributed by atoms with Crippen molar-refractivity contribution in [3.63, 3.8) is 0 Å². The molecule has 1 heterocycles. The van der Waals surface area contributed by atoms with Gasteiger partial charge in [-0.15, -0.1) is 11.3 Å². The van der Waals surface area contributed by atoms with Gasteiger partial charge >= 0.3 is 0 Å². The molecule has 1 fully saturated rings. The summed E-state index contributed by atoms with van der Waals surface area (Å²) in [4.78, 5) is 4.25. The molecule has 84 valence electrons. The lowest BCUT2D eigenvalue weighted by molar-refractivity contribution is 0.172. The minimum atomic E-state index is -0.197. The Labute approximate surface area is 98.1 Å². The normalized spacial score (nSPS) is 25.1. The quantitative estimate of drug-likeness (QED) is 0.839. The summed E-state index contributed by atoms with van der Waals surface area (Å²) in [5.74, 6) is 0. The van der Waals surface area contributed by atoms with Crippen molar-refractivity contribution in [2.75, 3.05) is 5.32 Å². The number of nitrogens with zero attached hydrogens (tertiary/aromatic N) is 1. The van der Waals surface area contributed by atoms with Crippen LogP contribution in [-0.4, -0.2) is 22.2 Å². The Morgan fingerprint density at radius 2 is 2.31 bits per heavy atom. The van der Waals surface area contributed by atoms with Gasteiger partial charge in [0.25, 0.3) is 0 Å². The number of aromatic nitrogens is 1. The van der Waals surface area contributed by atoms with Crippen LogP contribution >= 0.6 is 11.3 Å². The summed E-state index contributed by atoms with van der Waals surface area (Å²) in [6.07, 6.45) is 2.89. The van der Waals surface area contributed by atoms with Crippen LogP contribution in [0.4, 0.5) is 5.69 Å². The zero-order chi connectivity index (χ0) is 11.0. The maximum Gasteiger partial charge on any atom is 0.0813 e. The number of nitrogens with one attached hydrogen (secondary N) is 1. The van der Waals surface area contributed by atoms with Gasteiger partial charge in [-0.05, 0) is 37.5 Å². The molecule has 3 rings (SSSR count). The van der Waals surface area contributed by atoms with Crippen LogP contribution in [0.25, 0.3) is 10.2 Å². The Bertz CT molecular complexity index is 496. The summed E-state index contributed by atoms with van der Waals surface area (Å²) >= 11 is 1.65. The van der Waals surface area contributed by atoms with Crippen LogP contribution in [0, 0.1) is 0 Å². The molecule has 2 aromatic rings. The Kier molecular flexibility index (Phi) is 2.53. The molecule has 0 radical (unpaired) electrons. The van der Waals surface area contributed by atoms with Gasteiger partial charge in [0.1, 0.15) is 0 Å². The summed E-state index contributed by atoms with van der Waals surface area (Å²) in [7, 11) is 0. The van der Waals surface area contributed by atoms with E-state index in [1.165, 1.54) is 4.70 Å². The number of hydrogen-bond acceptors (Lipinski definition) is 4. The minimum Gasteiger partial charge on any atom is -0.391 e. The van der Waals surface area contributed by atoms with Gasteiger partial charge in [-0.1, -0.05) is 0 Å². The SMILES string of the molecule is O[C@@H]1CCC[C@H]1Nc1ccc2ncsc2c1. The molecule has 16 heavy (non-hydrogen) atoms. The molecule has 1 aromatic carbocycles. The fourth-order valence-corrected chi connectivity index (χ4v) is 2.98. The molecule has 0 aliphatic heterocycles. The van der Waals surface area contributed by atoms with Crippen LogP contribution in [0.15, 0.2) is 23.7 Å². The van der Waals surface area contributed by atoms with Crippen molar-refractivity contribution in [2.24, 2.45) is 0 Å². The first-order valence-corrected chi connectivity index (χ1v) is 6.49. The number of thiazole rings is 1. The molecule has 0 bridgehead atoms. The molecule has 1 saturated carbocycles. The van der Waals surface area contributed by atoms with Crippen molar-refractivity contribution in [3.8, 4) is 0 Å². The molecule has 2 atom stereocenters. The number of aliphatic hydroxyl groups excluding tert-OH is 1. The van der Waals surface area contributed by atoms with Crippen molar-refractivity contribution in [3.05, 3.63) is 23.7 Å². The highest BCUT2D eigenvalue weighted by Crippen LogP contribution is 2.26. The average Bonchev–Trinajstić information content (AvgIpc) is 2.88. The van der Waals surface area contributed by atoms with E-state index in [9.17, 15) is 5.11 Å². The van der Waals surface area contributed by atoms with Crippen LogP contribution in [0.3, 0.4) is 0 Å². The first-order valence-electron chi connectivity index (χ1n) is 5.61. The highest BCUT2D eigenvalue weighted by atomic mass is 32.1. The van der Waals surface area contributed by atoms with E-state index in [0.717, 1.165) is 30.5 Å². The fourth-order valence-electron chi connectivity index (χ4n) is 2.27. The predicted octanol–water partition coefficient (Wildman–Crippen LogP) is 2.62. The lowest BCUT2D eigenvalue weighted by atomic mass is 10.2. The fraction of sp³-hybridized carbons (Fsp3) is 0.417. The molecule has 1 aliphatic carbocycles. The van der Waals surface area contributed by atoms with E-state index in [1.807, 2.05) is 17.6 Å². The van der Waals surface area contributed by atoms with E-state index in [2.05, 4.69) is 16.4 Å². The van der Waals surface area contributed by atoms with Crippen LogP contribution < -0.4 is 5.32 Å². The van der Waals surface area contributed by atoms with E-state index in [4.69, 9.17) is 0 Å². The molecule has 0 unspecified atom stereocenters. The van der Waals surface area contributed by atoms with Crippen LogP contribution in [0.5, 0.6) is 0 Å². The van der Waals surface area contributed by atoms with Gasteiger partial charge in [0, 0.05) is 5.69 Å². The molecule has 0 amide bonds. The zero-order valence-electron chi connectivity index (χ0n) is 8.89. The van der Waals surface area contributed by atoms with Gasteiger partial charge in [-0.2, -0.15) is 0 Å². The van der Waals surface area contributed by atoms with Crippen molar-refractivity contribution in [1.29, 1.82) is 0 Å². The Hall–Kier alpha value is -1.13. The summed E-state index contributed by atoms with van der Waals surface area (Å²) in [5.41, 5.74) is 3.99. The highest BCUT2D eigenvalue weighted by Gasteiger charge is 2.24. The van der Waals surface area contributed by atoms with Gasteiger partial charge in [0.05, 0.1) is 27.9 Å². The third kappa shape index (κ3) is 1.79. The minimum absolute atomic E-state index is 0.197. The first kappa shape index (κ1) is 10.1. The second-order valence-electron chi connectivity index (χ2n) is 4.28. The van der Waals surface area contributed by atoms with Gasteiger partial charge in [-0.3, -0.25) is 0 Å². The zero-order valence-corrected chi connectivity index (χ0v) is 9.70. The number of benzene rings is 1. The summed E-state index contributed by atoms with van der Waals surface area (Å²) in [6.45, 7) is 0. The largest absolute Gasteiger partial charge is 0.391 e. The number of anilines is 1. The second kappa shape index (κ2) is 4.03. The molecule has 1 aromatic heterocycles. The molecule has 2 N–H and O–H groups in total. The predicted molar refractivity (Wildman–Crippen MR) is 66.9 cm³/mol. The lowest BCUT2D eigenvalue weighted by Crippen LogP contribution is -2.27. The highest BCUT2D eigenvalue weighted by molar-refractivity contribution is 7.16. The summed E-state index contributed by atoms with van der Waals surface area (Å²) < 4.78 is 1.19. The molecule has 1 aliphatic rings. The average molecular weight is 234 g/mol. The van der Waals surface area contributed by atoms with Crippen LogP contribution in [0.2, 0.25) is 0 Å². The Morgan fingerprint density at radius 1 is 1.38 bits per heavy atom. The van der Waals surface area contributed by atoms with E-state index in [1.54, 1.807) is 11.3 Å². The topological polar surface area (TPSA) is 45.1 Å². The summed E-state index contributed by atoms with van der Waals surface area (Å²) in [6, 6.07) is 6.38. The van der Waals surface area contributed by atoms with Crippen LogP contribution in [0.1, 0.15) is 19.3 Å².